The summed E-state index contributed by atoms with van der Waals surface area (Å²) in [6, 6.07) is 2.39. The Kier molecular flexibility index (Phi) is 2.29. The van der Waals surface area contributed by atoms with Gasteiger partial charge in [0.2, 0.25) is 0 Å². The molecule has 0 unspecified atom stereocenters. The lowest BCUT2D eigenvalue weighted by Crippen LogP contribution is -2.35. The van der Waals surface area contributed by atoms with Crippen molar-refractivity contribution in [2.45, 2.75) is 4.90 Å². The van der Waals surface area contributed by atoms with Gasteiger partial charge in [-0.1, -0.05) is 0 Å². The average molecular weight is 273 g/mol. The highest BCUT2D eigenvalue weighted by atomic mass is 32.2. The van der Waals surface area contributed by atoms with E-state index in [2.05, 4.69) is 0 Å². The van der Waals surface area contributed by atoms with Gasteiger partial charge in [0.05, 0.1) is 14.9 Å². The summed E-state index contributed by atoms with van der Waals surface area (Å²) in [6.45, 7) is 0. The number of non-ortho nitro benzene ring substituents is 1. The molecule has 0 spiro atoms. The maximum atomic E-state index is 11.7. The predicted octanol–water partition coefficient (Wildman–Crippen LogP) is -0.0690. The second kappa shape index (κ2) is 3.46. The summed E-state index contributed by atoms with van der Waals surface area (Å²) in [7, 11) is -4.67. The Morgan fingerprint density at radius 3 is 2.28 bits per heavy atom. The third-order valence-corrected chi connectivity index (χ3v) is 3.88. The monoisotopic (exact) mass is 273 g/mol. The minimum Gasteiger partial charge on any atom is -0.261 e. The molecule has 0 saturated heterocycles. The van der Waals surface area contributed by atoms with Crippen LogP contribution in [-0.4, -0.2) is 28.7 Å². The number of rotatable bonds is 2. The molecular formula is C7H3N3O7S. The summed E-state index contributed by atoms with van der Waals surface area (Å²) in [5.41, 5.74) is -1.03. The fourth-order valence-electron chi connectivity index (χ4n) is 1.48. The Hall–Kier alpha value is -2.56. The Labute approximate surface area is 98.7 Å². The van der Waals surface area contributed by atoms with Gasteiger partial charge in [0, 0.05) is 12.1 Å². The molecule has 1 amide bonds. The normalized spacial score (nSPS) is 16.4. The maximum absolute atomic E-state index is 11.7. The average Bonchev–Trinajstić information content (AvgIpc) is 2.46. The van der Waals surface area contributed by atoms with E-state index >= 15 is 0 Å². The fraction of sp³-hybridized carbons (Fsp3) is 0. The number of carbonyl (C=O) groups is 1. The van der Waals surface area contributed by atoms with Crippen LogP contribution in [0.3, 0.4) is 0 Å². The first-order valence-corrected chi connectivity index (χ1v) is 5.73. The van der Waals surface area contributed by atoms with Gasteiger partial charge in [-0.15, -0.1) is 0 Å². The van der Waals surface area contributed by atoms with Crippen LogP contribution in [0, 0.1) is 20.2 Å². The van der Waals surface area contributed by atoms with Crippen LogP contribution < -0.4 is 0 Å². The Bertz CT molecular complexity index is 695. The number of benzene rings is 1. The molecule has 2 rings (SSSR count). The van der Waals surface area contributed by atoms with Gasteiger partial charge in [-0.2, -0.15) is 8.42 Å². The van der Waals surface area contributed by atoms with Crippen molar-refractivity contribution in [2.75, 3.05) is 0 Å². The van der Waals surface area contributed by atoms with Crippen molar-refractivity contribution in [3.05, 3.63) is 44.0 Å². The van der Waals surface area contributed by atoms with E-state index in [0.29, 0.717) is 6.07 Å². The van der Waals surface area contributed by atoms with E-state index in [4.69, 9.17) is 0 Å². The van der Waals surface area contributed by atoms with Crippen LogP contribution in [0.2, 0.25) is 0 Å². The number of fused-ring (bicyclic) bond motifs is 1. The molecular weight excluding hydrogens is 270 g/mol. The van der Waals surface area contributed by atoms with Crippen molar-refractivity contribution in [3.63, 3.8) is 0 Å². The summed E-state index contributed by atoms with van der Waals surface area (Å²) in [5, 5.41) is 19.6. The molecule has 94 valence electrons. The molecule has 0 radical (unpaired) electrons. The number of nitrogens with zero attached hydrogens (tertiary/aromatic N) is 3. The first-order chi connectivity index (χ1) is 8.26. The second-order valence-corrected chi connectivity index (χ2v) is 4.96. The van der Waals surface area contributed by atoms with Gasteiger partial charge in [0.25, 0.3) is 5.69 Å². The molecule has 0 N–H and O–H groups in total. The molecule has 1 aliphatic heterocycles. The highest BCUT2D eigenvalue weighted by Gasteiger charge is 2.50. The van der Waals surface area contributed by atoms with Gasteiger partial charge in [-0.25, -0.2) is 10.1 Å². The predicted molar refractivity (Wildman–Crippen MR) is 53.4 cm³/mol. The Morgan fingerprint density at radius 2 is 1.78 bits per heavy atom. The number of hydrogen-bond acceptors (Lipinski definition) is 7. The third kappa shape index (κ3) is 1.41. The number of nitro groups is 2. The van der Waals surface area contributed by atoms with Crippen molar-refractivity contribution in [2.24, 2.45) is 0 Å². The Morgan fingerprint density at radius 1 is 1.17 bits per heavy atom. The first kappa shape index (κ1) is 11.9. The highest BCUT2D eigenvalue weighted by Crippen LogP contribution is 2.32. The fourth-order valence-corrected chi connectivity index (χ4v) is 2.86. The molecule has 10 nitrogen and oxygen atoms in total. The number of sulfonamides is 1. The summed E-state index contributed by atoms with van der Waals surface area (Å²) in [4.78, 5) is 30.9. The van der Waals surface area contributed by atoms with Gasteiger partial charge in [-0.05, 0) is 6.07 Å². The number of amides is 1. The first-order valence-electron chi connectivity index (χ1n) is 4.29. The van der Waals surface area contributed by atoms with Gasteiger partial charge in [-0.3, -0.25) is 14.9 Å². The quantitative estimate of drug-likeness (QED) is 0.542. The van der Waals surface area contributed by atoms with Crippen molar-refractivity contribution in [1.29, 1.82) is 0 Å². The van der Waals surface area contributed by atoms with E-state index in [1.807, 2.05) is 0 Å². The van der Waals surface area contributed by atoms with Crippen molar-refractivity contribution >= 4 is 21.6 Å². The molecule has 18 heavy (non-hydrogen) atoms. The molecule has 0 aromatic heterocycles. The SMILES string of the molecule is O=C1c2ccc([N+](=O)[O-])cc2S(=O)(=O)N1[N+](=O)[O-]. The second-order valence-electron chi connectivity index (χ2n) is 3.23. The van der Waals surface area contributed by atoms with Gasteiger partial charge in [0.15, 0.2) is 5.03 Å². The molecule has 1 heterocycles. The van der Waals surface area contributed by atoms with Crippen molar-refractivity contribution < 1.29 is 23.2 Å². The zero-order valence-electron chi connectivity index (χ0n) is 8.34. The summed E-state index contributed by atoms with van der Waals surface area (Å²) < 4.78 is 22.8. The molecule has 0 atom stereocenters. The molecule has 0 aliphatic carbocycles. The number of hydrogen-bond donors (Lipinski definition) is 0. The van der Waals surface area contributed by atoms with Crippen LogP contribution in [0.25, 0.3) is 0 Å². The van der Waals surface area contributed by atoms with Crippen LogP contribution in [0.5, 0.6) is 0 Å². The lowest BCUT2D eigenvalue weighted by molar-refractivity contribution is -0.597. The van der Waals surface area contributed by atoms with Crippen LogP contribution in [-0.2, 0) is 10.0 Å². The molecule has 11 heteroatoms. The summed E-state index contributed by atoms with van der Waals surface area (Å²) >= 11 is 0. The minimum atomic E-state index is -4.67. The topological polar surface area (TPSA) is 141 Å². The largest absolute Gasteiger partial charge is 0.334 e. The molecule has 1 aliphatic rings. The van der Waals surface area contributed by atoms with E-state index in [9.17, 15) is 33.4 Å². The highest BCUT2D eigenvalue weighted by molar-refractivity contribution is 7.90. The van der Waals surface area contributed by atoms with E-state index in [1.54, 1.807) is 0 Å². The van der Waals surface area contributed by atoms with Crippen molar-refractivity contribution in [3.8, 4) is 0 Å². The van der Waals surface area contributed by atoms with Crippen LogP contribution in [0.15, 0.2) is 23.1 Å². The van der Waals surface area contributed by atoms with Gasteiger partial charge < -0.3 is 0 Å². The smallest absolute Gasteiger partial charge is 0.261 e. The maximum Gasteiger partial charge on any atom is 0.334 e. The van der Waals surface area contributed by atoms with E-state index in [-0.39, 0.29) is 0 Å². The molecule has 0 fully saturated rings. The minimum absolute atomic E-state index is 0.461. The van der Waals surface area contributed by atoms with Crippen LogP contribution in [0.1, 0.15) is 10.4 Å². The van der Waals surface area contributed by atoms with E-state index in [0.717, 1.165) is 12.1 Å². The Balaban J connectivity index is 2.74. The zero-order valence-corrected chi connectivity index (χ0v) is 9.16. The molecule has 0 bridgehead atoms. The number of hydrazine groups is 1. The van der Waals surface area contributed by atoms with Crippen LogP contribution in [0.4, 0.5) is 5.69 Å². The van der Waals surface area contributed by atoms with Gasteiger partial charge >= 0.3 is 15.9 Å². The third-order valence-electron chi connectivity index (χ3n) is 2.23. The molecule has 1 aromatic carbocycles. The summed E-state index contributed by atoms with van der Waals surface area (Å²) in [5.74, 6) is -1.34. The standard InChI is InChI=1S/C7H3N3O7S/c11-7-5-2-1-4(9(12)13)3-6(5)18(16,17)8(7)10(14)15/h1-3H. The van der Waals surface area contributed by atoms with Crippen LogP contribution >= 0.6 is 0 Å². The lowest BCUT2D eigenvalue weighted by atomic mass is 10.2. The molecule has 0 saturated carbocycles. The number of carbonyl (C=O) groups excluding carboxylic acids is 1. The van der Waals surface area contributed by atoms with Gasteiger partial charge in [0.1, 0.15) is 4.90 Å². The van der Waals surface area contributed by atoms with Crippen molar-refractivity contribution in [1.82, 2.24) is 4.41 Å². The number of nitro benzene ring substituents is 1. The van der Waals surface area contributed by atoms with E-state index < -0.39 is 46.4 Å². The lowest BCUT2D eigenvalue weighted by Gasteiger charge is -2.01. The zero-order chi connectivity index (χ0) is 13.7. The summed E-state index contributed by atoms with van der Waals surface area (Å²) in [6.07, 6.45) is 0. The molecule has 1 aromatic rings. The van der Waals surface area contributed by atoms with E-state index in [1.165, 1.54) is 0 Å².